The summed E-state index contributed by atoms with van der Waals surface area (Å²) in [5.41, 5.74) is 2.48. The molecule has 0 saturated heterocycles. The van der Waals surface area contributed by atoms with Crippen LogP contribution in [0.5, 0.6) is 5.75 Å². The highest BCUT2D eigenvalue weighted by atomic mass is 16.3. The third kappa shape index (κ3) is 2.14. The molecule has 2 atom stereocenters. The molecule has 0 spiro atoms. The van der Waals surface area contributed by atoms with Crippen molar-refractivity contribution in [2.24, 2.45) is 5.92 Å². The van der Waals surface area contributed by atoms with Gasteiger partial charge >= 0.3 is 0 Å². The first-order valence-electron chi connectivity index (χ1n) is 7.32. The summed E-state index contributed by atoms with van der Waals surface area (Å²) in [5.74, 6) is 1.33. The van der Waals surface area contributed by atoms with Gasteiger partial charge in [-0.3, -0.25) is 0 Å². The van der Waals surface area contributed by atoms with Crippen LogP contribution in [0.1, 0.15) is 56.2 Å². The summed E-state index contributed by atoms with van der Waals surface area (Å²) in [6.07, 6.45) is 7.71. The van der Waals surface area contributed by atoms with E-state index in [1.54, 1.807) is 0 Å². The van der Waals surface area contributed by atoms with Gasteiger partial charge in [-0.15, -0.1) is 0 Å². The average molecular weight is 245 g/mol. The average Bonchev–Trinajstić information content (AvgIpc) is 2.99. The lowest BCUT2D eigenvalue weighted by atomic mass is 9.98. The summed E-state index contributed by atoms with van der Waals surface area (Å²) in [4.78, 5) is 0. The Balaban J connectivity index is 1.70. The maximum atomic E-state index is 9.87. The minimum Gasteiger partial charge on any atom is -0.508 e. The summed E-state index contributed by atoms with van der Waals surface area (Å²) >= 11 is 0. The molecule has 98 valence electrons. The van der Waals surface area contributed by atoms with E-state index in [-0.39, 0.29) is 0 Å². The normalized spacial score (nSPS) is 25.3. The fourth-order valence-corrected chi connectivity index (χ4v) is 3.72. The van der Waals surface area contributed by atoms with Crippen LogP contribution in [-0.2, 0) is 6.42 Å². The molecule has 2 heteroatoms. The molecule has 1 saturated carbocycles. The van der Waals surface area contributed by atoms with Gasteiger partial charge in [0.25, 0.3) is 0 Å². The molecule has 0 radical (unpaired) electrons. The highest BCUT2D eigenvalue weighted by Gasteiger charge is 2.28. The SMILES string of the molecule is CC(NC1CCc2c(O)cccc21)C1CCCC1. The van der Waals surface area contributed by atoms with Crippen molar-refractivity contribution in [2.75, 3.05) is 0 Å². The van der Waals surface area contributed by atoms with Crippen LogP contribution in [0.4, 0.5) is 0 Å². The Morgan fingerprint density at radius 2 is 2.00 bits per heavy atom. The molecule has 2 aliphatic rings. The van der Waals surface area contributed by atoms with E-state index in [2.05, 4.69) is 18.3 Å². The number of nitrogens with one attached hydrogen (secondary N) is 1. The predicted octanol–water partition coefficient (Wildman–Crippen LogP) is 3.55. The van der Waals surface area contributed by atoms with Crippen molar-refractivity contribution in [3.8, 4) is 5.75 Å². The third-order valence-corrected chi connectivity index (χ3v) is 4.82. The van der Waals surface area contributed by atoms with Gasteiger partial charge in [0, 0.05) is 12.1 Å². The van der Waals surface area contributed by atoms with Gasteiger partial charge in [-0.25, -0.2) is 0 Å². The highest BCUT2D eigenvalue weighted by molar-refractivity contribution is 5.44. The zero-order valence-corrected chi connectivity index (χ0v) is 11.2. The van der Waals surface area contributed by atoms with Crippen molar-refractivity contribution in [3.63, 3.8) is 0 Å². The molecule has 0 aromatic heterocycles. The van der Waals surface area contributed by atoms with Gasteiger partial charge < -0.3 is 10.4 Å². The number of phenolic OH excluding ortho intramolecular Hbond substituents is 1. The molecule has 18 heavy (non-hydrogen) atoms. The molecular formula is C16H23NO. The van der Waals surface area contributed by atoms with Gasteiger partial charge in [-0.05, 0) is 55.7 Å². The zero-order chi connectivity index (χ0) is 12.5. The highest BCUT2D eigenvalue weighted by Crippen LogP contribution is 2.37. The van der Waals surface area contributed by atoms with Crippen LogP contribution in [0.2, 0.25) is 0 Å². The second-order valence-electron chi connectivity index (χ2n) is 5.94. The minimum absolute atomic E-state index is 0.447. The van der Waals surface area contributed by atoms with Crippen molar-refractivity contribution in [1.82, 2.24) is 5.32 Å². The number of hydrogen-bond donors (Lipinski definition) is 2. The minimum atomic E-state index is 0.447. The van der Waals surface area contributed by atoms with Crippen molar-refractivity contribution < 1.29 is 5.11 Å². The van der Waals surface area contributed by atoms with Crippen LogP contribution in [0.15, 0.2) is 18.2 Å². The molecule has 0 aliphatic heterocycles. The third-order valence-electron chi connectivity index (χ3n) is 4.82. The Kier molecular flexibility index (Phi) is 3.29. The lowest BCUT2D eigenvalue weighted by Gasteiger charge is -2.25. The summed E-state index contributed by atoms with van der Waals surface area (Å²) in [6.45, 7) is 2.33. The van der Waals surface area contributed by atoms with E-state index in [1.807, 2.05) is 12.1 Å². The molecule has 2 aliphatic carbocycles. The van der Waals surface area contributed by atoms with E-state index in [0.717, 1.165) is 24.3 Å². The molecule has 2 nitrogen and oxygen atoms in total. The van der Waals surface area contributed by atoms with E-state index < -0.39 is 0 Å². The Bertz CT molecular complexity index is 423. The number of fused-ring (bicyclic) bond motifs is 1. The smallest absolute Gasteiger partial charge is 0.119 e. The van der Waals surface area contributed by atoms with Crippen LogP contribution in [0, 0.1) is 5.92 Å². The second-order valence-corrected chi connectivity index (χ2v) is 5.94. The Labute approximate surface area is 109 Å². The van der Waals surface area contributed by atoms with E-state index >= 15 is 0 Å². The lowest BCUT2D eigenvalue weighted by molar-refractivity contribution is 0.342. The van der Waals surface area contributed by atoms with E-state index in [4.69, 9.17) is 0 Å². The summed E-state index contributed by atoms with van der Waals surface area (Å²) < 4.78 is 0. The van der Waals surface area contributed by atoms with Gasteiger partial charge in [0.15, 0.2) is 0 Å². The van der Waals surface area contributed by atoms with Gasteiger partial charge in [-0.1, -0.05) is 25.0 Å². The van der Waals surface area contributed by atoms with Crippen molar-refractivity contribution in [3.05, 3.63) is 29.3 Å². The molecule has 1 fully saturated rings. The molecular weight excluding hydrogens is 222 g/mol. The van der Waals surface area contributed by atoms with Crippen LogP contribution in [0.3, 0.4) is 0 Å². The Morgan fingerprint density at radius 3 is 2.78 bits per heavy atom. The van der Waals surface area contributed by atoms with E-state index in [1.165, 1.54) is 31.2 Å². The number of phenols is 1. The molecule has 0 amide bonds. The standard InChI is InChI=1S/C16H23NO/c1-11(12-5-2-3-6-12)17-15-10-9-14-13(15)7-4-8-16(14)18/h4,7-8,11-12,15,17-18H,2-3,5-6,9-10H2,1H3. The number of benzene rings is 1. The van der Waals surface area contributed by atoms with Gasteiger partial charge in [0.05, 0.1) is 0 Å². The molecule has 3 rings (SSSR count). The molecule has 1 aromatic rings. The zero-order valence-electron chi connectivity index (χ0n) is 11.2. The summed E-state index contributed by atoms with van der Waals surface area (Å²) in [7, 11) is 0. The molecule has 1 aromatic carbocycles. The van der Waals surface area contributed by atoms with E-state index in [0.29, 0.717) is 17.8 Å². The monoisotopic (exact) mass is 245 g/mol. The molecule has 0 bridgehead atoms. The molecule has 0 heterocycles. The topological polar surface area (TPSA) is 32.3 Å². The van der Waals surface area contributed by atoms with Crippen molar-refractivity contribution >= 4 is 0 Å². The van der Waals surface area contributed by atoms with Crippen LogP contribution in [0.25, 0.3) is 0 Å². The van der Waals surface area contributed by atoms with Gasteiger partial charge in [0.2, 0.25) is 0 Å². The number of aromatic hydroxyl groups is 1. The number of hydrogen-bond acceptors (Lipinski definition) is 2. The van der Waals surface area contributed by atoms with Crippen LogP contribution < -0.4 is 5.32 Å². The quantitative estimate of drug-likeness (QED) is 0.853. The second kappa shape index (κ2) is 4.93. The van der Waals surface area contributed by atoms with Crippen LogP contribution in [-0.4, -0.2) is 11.1 Å². The maximum Gasteiger partial charge on any atom is 0.119 e. The van der Waals surface area contributed by atoms with Gasteiger partial charge in [-0.2, -0.15) is 0 Å². The first-order valence-corrected chi connectivity index (χ1v) is 7.32. The summed E-state index contributed by atoms with van der Waals surface area (Å²) in [6, 6.07) is 6.99. The molecule has 2 N–H and O–H groups in total. The summed E-state index contributed by atoms with van der Waals surface area (Å²) in [5, 5.41) is 13.7. The lowest BCUT2D eigenvalue weighted by Crippen LogP contribution is -2.34. The van der Waals surface area contributed by atoms with Crippen molar-refractivity contribution in [2.45, 2.75) is 57.5 Å². The van der Waals surface area contributed by atoms with E-state index in [9.17, 15) is 5.11 Å². The Hall–Kier alpha value is -1.02. The first kappa shape index (κ1) is 12.0. The Morgan fingerprint density at radius 1 is 1.22 bits per heavy atom. The first-order chi connectivity index (χ1) is 8.75. The van der Waals surface area contributed by atoms with Crippen LogP contribution >= 0.6 is 0 Å². The van der Waals surface area contributed by atoms with Crippen molar-refractivity contribution in [1.29, 1.82) is 0 Å². The fourth-order valence-electron chi connectivity index (χ4n) is 3.72. The number of rotatable bonds is 3. The largest absolute Gasteiger partial charge is 0.508 e. The predicted molar refractivity (Wildman–Crippen MR) is 73.7 cm³/mol. The van der Waals surface area contributed by atoms with Gasteiger partial charge in [0.1, 0.15) is 5.75 Å². The maximum absolute atomic E-state index is 9.87. The fraction of sp³-hybridized carbons (Fsp3) is 0.625. The molecule has 2 unspecified atom stereocenters.